The number of rotatable bonds is 4. The Hall–Kier alpha value is -0.800. The molecule has 0 aromatic heterocycles. The van der Waals surface area contributed by atoms with E-state index in [1.54, 1.807) is 13.2 Å². The van der Waals surface area contributed by atoms with Gasteiger partial charge in [-0.15, -0.1) is 0 Å². The van der Waals surface area contributed by atoms with E-state index in [0.717, 1.165) is 0 Å². The smallest absolute Gasteiger partial charge is 0.145 e. The molecule has 1 atom stereocenters. The maximum absolute atomic E-state index is 12.9. The summed E-state index contributed by atoms with van der Waals surface area (Å²) in [6.45, 7) is 2.25. The van der Waals surface area contributed by atoms with Crippen molar-refractivity contribution in [3.8, 4) is 5.75 Å². The molecule has 4 heteroatoms. The quantitative estimate of drug-likeness (QED) is 0.774. The van der Waals surface area contributed by atoms with Crippen LogP contribution in [-0.2, 0) is 4.74 Å². The van der Waals surface area contributed by atoms with Crippen LogP contribution in [0.3, 0.4) is 0 Å². The summed E-state index contributed by atoms with van der Waals surface area (Å²) in [4.78, 5) is 0. The van der Waals surface area contributed by atoms with E-state index in [-0.39, 0.29) is 11.1 Å². The molecule has 0 saturated heterocycles. The SMILES string of the molecule is COC(C)COc1ccc(Cl)c(F)c1. The first-order chi connectivity index (χ1) is 6.63. The van der Waals surface area contributed by atoms with Crippen molar-refractivity contribution in [2.75, 3.05) is 13.7 Å². The largest absolute Gasteiger partial charge is 0.491 e. The molecule has 1 aromatic rings. The van der Waals surface area contributed by atoms with Gasteiger partial charge in [-0.25, -0.2) is 4.39 Å². The molecule has 0 spiro atoms. The summed E-state index contributed by atoms with van der Waals surface area (Å²) in [5, 5.41) is 0.0946. The van der Waals surface area contributed by atoms with Gasteiger partial charge in [0, 0.05) is 13.2 Å². The average molecular weight is 219 g/mol. The van der Waals surface area contributed by atoms with Crippen LogP contribution >= 0.6 is 11.6 Å². The van der Waals surface area contributed by atoms with Crippen LogP contribution in [0.5, 0.6) is 5.75 Å². The lowest BCUT2D eigenvalue weighted by molar-refractivity contribution is 0.0715. The summed E-state index contributed by atoms with van der Waals surface area (Å²) in [5.74, 6) is -0.0231. The van der Waals surface area contributed by atoms with Crippen LogP contribution in [0.15, 0.2) is 18.2 Å². The van der Waals surface area contributed by atoms with Crippen LogP contribution in [0.4, 0.5) is 4.39 Å². The number of hydrogen-bond acceptors (Lipinski definition) is 2. The van der Waals surface area contributed by atoms with Gasteiger partial charge in [0.05, 0.1) is 11.1 Å². The van der Waals surface area contributed by atoms with E-state index in [9.17, 15) is 4.39 Å². The van der Waals surface area contributed by atoms with E-state index in [4.69, 9.17) is 21.1 Å². The highest BCUT2D eigenvalue weighted by Crippen LogP contribution is 2.20. The molecule has 0 saturated carbocycles. The third-order valence-electron chi connectivity index (χ3n) is 1.78. The number of benzene rings is 1. The third kappa shape index (κ3) is 3.16. The number of halogens is 2. The van der Waals surface area contributed by atoms with E-state index in [1.807, 2.05) is 6.92 Å². The first-order valence-electron chi connectivity index (χ1n) is 4.24. The zero-order chi connectivity index (χ0) is 10.6. The minimum atomic E-state index is -0.478. The molecule has 1 aromatic carbocycles. The fourth-order valence-electron chi connectivity index (χ4n) is 0.848. The van der Waals surface area contributed by atoms with Gasteiger partial charge >= 0.3 is 0 Å². The molecule has 0 aliphatic heterocycles. The molecule has 0 bridgehead atoms. The molecular formula is C10H12ClFO2. The summed E-state index contributed by atoms with van der Waals surface area (Å²) in [7, 11) is 1.59. The van der Waals surface area contributed by atoms with Crippen molar-refractivity contribution in [1.82, 2.24) is 0 Å². The van der Waals surface area contributed by atoms with Crippen LogP contribution in [0.2, 0.25) is 5.02 Å². The molecule has 0 radical (unpaired) electrons. The predicted octanol–water partition coefficient (Wildman–Crippen LogP) is 2.89. The Morgan fingerprint density at radius 2 is 2.21 bits per heavy atom. The fourth-order valence-corrected chi connectivity index (χ4v) is 0.966. The highest BCUT2D eigenvalue weighted by molar-refractivity contribution is 6.30. The van der Waals surface area contributed by atoms with E-state index in [0.29, 0.717) is 12.4 Å². The Kier molecular flexibility index (Phi) is 4.17. The minimum absolute atomic E-state index is 0.0197. The summed E-state index contributed by atoms with van der Waals surface area (Å²) in [5.41, 5.74) is 0. The van der Waals surface area contributed by atoms with Crippen LogP contribution in [0.1, 0.15) is 6.92 Å². The highest BCUT2D eigenvalue weighted by atomic mass is 35.5. The van der Waals surface area contributed by atoms with Crippen molar-refractivity contribution in [2.24, 2.45) is 0 Å². The molecule has 14 heavy (non-hydrogen) atoms. The molecule has 0 fully saturated rings. The minimum Gasteiger partial charge on any atom is -0.491 e. The summed E-state index contributed by atoms with van der Waals surface area (Å²) in [6, 6.07) is 4.34. The van der Waals surface area contributed by atoms with Crippen LogP contribution < -0.4 is 4.74 Å². The molecule has 0 amide bonds. The van der Waals surface area contributed by atoms with Gasteiger partial charge in [0.25, 0.3) is 0 Å². The number of methoxy groups -OCH3 is 1. The monoisotopic (exact) mass is 218 g/mol. The zero-order valence-electron chi connectivity index (χ0n) is 8.09. The van der Waals surface area contributed by atoms with Crippen LogP contribution in [0.25, 0.3) is 0 Å². The maximum atomic E-state index is 12.9. The molecule has 0 N–H and O–H groups in total. The van der Waals surface area contributed by atoms with Crippen LogP contribution in [0, 0.1) is 5.82 Å². The second kappa shape index (κ2) is 5.17. The van der Waals surface area contributed by atoms with E-state index >= 15 is 0 Å². The van der Waals surface area contributed by atoms with Crippen molar-refractivity contribution in [1.29, 1.82) is 0 Å². The topological polar surface area (TPSA) is 18.5 Å². The van der Waals surface area contributed by atoms with Gasteiger partial charge in [0.2, 0.25) is 0 Å². The van der Waals surface area contributed by atoms with Gasteiger partial charge in [-0.2, -0.15) is 0 Å². The molecule has 2 nitrogen and oxygen atoms in total. The predicted molar refractivity (Wildman–Crippen MR) is 53.4 cm³/mol. The van der Waals surface area contributed by atoms with Crippen molar-refractivity contribution in [3.05, 3.63) is 29.0 Å². The summed E-state index contributed by atoms with van der Waals surface area (Å²) < 4.78 is 23.2. The first kappa shape index (κ1) is 11.3. The Morgan fingerprint density at radius 3 is 2.79 bits per heavy atom. The molecular weight excluding hydrogens is 207 g/mol. The van der Waals surface area contributed by atoms with Gasteiger partial charge in [0.15, 0.2) is 0 Å². The molecule has 0 aliphatic carbocycles. The van der Waals surface area contributed by atoms with Gasteiger partial charge in [-0.3, -0.25) is 0 Å². The lowest BCUT2D eigenvalue weighted by Gasteiger charge is -2.11. The Morgan fingerprint density at radius 1 is 1.50 bits per heavy atom. The lowest BCUT2D eigenvalue weighted by Crippen LogP contribution is -2.15. The zero-order valence-corrected chi connectivity index (χ0v) is 8.84. The van der Waals surface area contributed by atoms with Crippen molar-refractivity contribution >= 4 is 11.6 Å². The Bertz CT molecular complexity index is 304. The molecule has 0 aliphatic rings. The van der Waals surface area contributed by atoms with Gasteiger partial charge in [-0.05, 0) is 19.1 Å². The van der Waals surface area contributed by atoms with Gasteiger partial charge < -0.3 is 9.47 Å². The molecule has 1 unspecified atom stereocenters. The second-order valence-electron chi connectivity index (χ2n) is 2.93. The Labute approximate surface area is 87.6 Å². The van der Waals surface area contributed by atoms with Crippen molar-refractivity contribution in [3.63, 3.8) is 0 Å². The van der Waals surface area contributed by atoms with E-state index < -0.39 is 5.82 Å². The maximum Gasteiger partial charge on any atom is 0.145 e. The van der Waals surface area contributed by atoms with Crippen molar-refractivity contribution < 1.29 is 13.9 Å². The summed E-state index contributed by atoms with van der Waals surface area (Å²) >= 11 is 5.52. The summed E-state index contributed by atoms with van der Waals surface area (Å²) in [6.07, 6.45) is -0.0197. The highest BCUT2D eigenvalue weighted by Gasteiger charge is 2.04. The lowest BCUT2D eigenvalue weighted by atomic mass is 10.3. The van der Waals surface area contributed by atoms with E-state index in [2.05, 4.69) is 0 Å². The number of hydrogen-bond donors (Lipinski definition) is 0. The van der Waals surface area contributed by atoms with Gasteiger partial charge in [0.1, 0.15) is 18.2 Å². The standard InChI is InChI=1S/C10H12ClFO2/c1-7(13-2)6-14-8-3-4-9(11)10(12)5-8/h3-5,7H,6H2,1-2H3. The number of ether oxygens (including phenoxy) is 2. The molecule has 78 valence electrons. The normalized spacial score (nSPS) is 12.6. The fraction of sp³-hybridized carbons (Fsp3) is 0.400. The first-order valence-corrected chi connectivity index (χ1v) is 4.62. The average Bonchev–Trinajstić information content (AvgIpc) is 2.19. The van der Waals surface area contributed by atoms with Crippen LogP contribution in [-0.4, -0.2) is 19.8 Å². The third-order valence-corrected chi connectivity index (χ3v) is 2.08. The molecule has 0 heterocycles. The van der Waals surface area contributed by atoms with E-state index in [1.165, 1.54) is 12.1 Å². The Balaban J connectivity index is 2.55. The molecule has 1 rings (SSSR count). The van der Waals surface area contributed by atoms with Crippen molar-refractivity contribution in [2.45, 2.75) is 13.0 Å². The van der Waals surface area contributed by atoms with Gasteiger partial charge in [-0.1, -0.05) is 11.6 Å². The second-order valence-corrected chi connectivity index (χ2v) is 3.34.